The number of ether oxygens (including phenoxy) is 1. The molecule has 0 aliphatic carbocycles. The first kappa shape index (κ1) is 9.08. The number of hydrogen-bond donors (Lipinski definition) is 0. The minimum absolute atomic E-state index is 0.758. The molecule has 1 aromatic carbocycles. The van der Waals surface area contributed by atoms with Crippen LogP contribution < -0.4 is 4.74 Å². The average Bonchev–Trinajstić information content (AvgIpc) is 2.71. The van der Waals surface area contributed by atoms with E-state index in [-0.39, 0.29) is 0 Å². The molecule has 16 heavy (non-hydrogen) atoms. The molecule has 0 N–H and O–H groups in total. The van der Waals surface area contributed by atoms with Crippen LogP contribution in [-0.4, -0.2) is 26.9 Å². The third-order valence-electron chi connectivity index (χ3n) is 2.61. The molecule has 80 valence electrons. The molecule has 0 spiro atoms. The molecule has 0 unspecified atom stereocenters. The van der Waals surface area contributed by atoms with Gasteiger partial charge in [0, 0.05) is 10.8 Å². The summed E-state index contributed by atoms with van der Waals surface area (Å²) in [4.78, 5) is 0. The molecule has 0 amide bonds. The highest BCUT2D eigenvalue weighted by molar-refractivity contribution is 5.93. The third kappa shape index (κ3) is 1.14. The lowest BCUT2D eigenvalue weighted by molar-refractivity contribution is 0.415. The Morgan fingerprint density at radius 1 is 1.25 bits per heavy atom. The zero-order chi connectivity index (χ0) is 11.1. The number of nitrogens with zero attached hydrogens (tertiary/aromatic N) is 4. The summed E-state index contributed by atoms with van der Waals surface area (Å²) in [7, 11) is 1.65. The van der Waals surface area contributed by atoms with Gasteiger partial charge in [-0.15, -0.1) is 10.2 Å². The average molecular weight is 214 g/mol. The van der Waals surface area contributed by atoms with Crippen LogP contribution >= 0.6 is 0 Å². The van der Waals surface area contributed by atoms with E-state index in [9.17, 15) is 0 Å². The van der Waals surface area contributed by atoms with Gasteiger partial charge in [-0.05, 0) is 25.1 Å². The Labute approximate surface area is 91.7 Å². The Morgan fingerprint density at radius 3 is 2.94 bits per heavy atom. The predicted molar refractivity (Wildman–Crippen MR) is 59.6 cm³/mol. The van der Waals surface area contributed by atoms with Crippen LogP contribution in [0, 0.1) is 6.92 Å². The van der Waals surface area contributed by atoms with Crippen LogP contribution in [0.15, 0.2) is 24.4 Å². The first-order valence-electron chi connectivity index (χ1n) is 4.94. The lowest BCUT2D eigenvalue weighted by Gasteiger charge is -2.02. The lowest BCUT2D eigenvalue weighted by atomic mass is 10.2. The van der Waals surface area contributed by atoms with Gasteiger partial charge < -0.3 is 4.74 Å². The fourth-order valence-electron chi connectivity index (χ4n) is 1.75. The van der Waals surface area contributed by atoms with Crippen molar-refractivity contribution in [2.24, 2.45) is 0 Å². The Kier molecular flexibility index (Phi) is 1.80. The first-order chi connectivity index (χ1) is 7.79. The monoisotopic (exact) mass is 214 g/mol. The predicted octanol–water partition coefficient (Wildman–Crippen LogP) is 1.59. The van der Waals surface area contributed by atoms with E-state index in [1.165, 1.54) is 0 Å². The number of methoxy groups -OCH3 is 1. The van der Waals surface area contributed by atoms with Crippen molar-refractivity contribution in [2.45, 2.75) is 6.92 Å². The molecule has 0 radical (unpaired) electrons. The lowest BCUT2D eigenvalue weighted by Crippen LogP contribution is -1.94. The smallest absolute Gasteiger partial charge is 0.185 e. The molecule has 0 aliphatic rings. The van der Waals surface area contributed by atoms with Gasteiger partial charge >= 0.3 is 0 Å². The summed E-state index contributed by atoms with van der Waals surface area (Å²) in [5, 5.41) is 14.4. The molecule has 5 nitrogen and oxygen atoms in total. The second kappa shape index (κ2) is 3.16. The molecule has 3 rings (SSSR count). The maximum Gasteiger partial charge on any atom is 0.185 e. The summed E-state index contributed by atoms with van der Waals surface area (Å²) in [6.45, 7) is 1.87. The highest BCUT2D eigenvalue weighted by atomic mass is 16.5. The second-order valence-corrected chi connectivity index (χ2v) is 3.58. The third-order valence-corrected chi connectivity index (χ3v) is 2.61. The van der Waals surface area contributed by atoms with E-state index in [2.05, 4.69) is 15.3 Å². The van der Waals surface area contributed by atoms with Crippen molar-refractivity contribution in [3.8, 4) is 5.75 Å². The van der Waals surface area contributed by atoms with Crippen LogP contribution in [0.5, 0.6) is 5.75 Å². The van der Waals surface area contributed by atoms with Crippen LogP contribution in [0.25, 0.3) is 16.4 Å². The Hall–Kier alpha value is -2.17. The molecule has 0 atom stereocenters. The number of rotatable bonds is 1. The van der Waals surface area contributed by atoms with Gasteiger partial charge in [0.05, 0.1) is 13.3 Å². The highest BCUT2D eigenvalue weighted by Gasteiger charge is 2.07. The zero-order valence-electron chi connectivity index (χ0n) is 9.01. The number of aromatic nitrogens is 4. The van der Waals surface area contributed by atoms with E-state index in [0.717, 1.165) is 28.0 Å². The molecule has 2 heterocycles. The number of hydrogen-bond acceptors (Lipinski definition) is 4. The van der Waals surface area contributed by atoms with Gasteiger partial charge in [-0.25, -0.2) is 0 Å². The summed E-state index contributed by atoms with van der Waals surface area (Å²) in [5.41, 5.74) is 0.758. The van der Waals surface area contributed by atoms with Crippen molar-refractivity contribution >= 4 is 16.4 Å². The van der Waals surface area contributed by atoms with Crippen LogP contribution in [0.3, 0.4) is 0 Å². The fourth-order valence-corrected chi connectivity index (χ4v) is 1.75. The van der Waals surface area contributed by atoms with E-state index in [4.69, 9.17) is 4.74 Å². The van der Waals surface area contributed by atoms with Gasteiger partial charge in [0.2, 0.25) is 0 Å². The van der Waals surface area contributed by atoms with Crippen molar-refractivity contribution in [2.75, 3.05) is 7.11 Å². The fraction of sp³-hybridized carbons (Fsp3) is 0.182. The minimum Gasteiger partial charge on any atom is -0.497 e. The molecular weight excluding hydrogens is 204 g/mol. The van der Waals surface area contributed by atoms with Crippen LogP contribution in [0.4, 0.5) is 0 Å². The molecular formula is C11H10N4O. The van der Waals surface area contributed by atoms with Crippen molar-refractivity contribution in [3.63, 3.8) is 0 Å². The summed E-state index contributed by atoms with van der Waals surface area (Å²) in [6, 6.07) is 5.81. The number of aryl methyl sites for hydroxylation is 1. The Balaban J connectivity index is 2.47. The molecule has 0 bridgehead atoms. The summed E-state index contributed by atoms with van der Waals surface area (Å²) >= 11 is 0. The second-order valence-electron chi connectivity index (χ2n) is 3.58. The summed E-state index contributed by atoms with van der Waals surface area (Å²) in [5.74, 6) is 1.58. The number of benzene rings is 1. The van der Waals surface area contributed by atoms with E-state index >= 15 is 0 Å². The van der Waals surface area contributed by atoms with Gasteiger partial charge in [0.15, 0.2) is 11.5 Å². The minimum atomic E-state index is 0.758. The van der Waals surface area contributed by atoms with Gasteiger partial charge in [-0.2, -0.15) is 9.61 Å². The first-order valence-corrected chi connectivity index (χ1v) is 4.94. The molecule has 0 saturated carbocycles. The quantitative estimate of drug-likeness (QED) is 0.617. The van der Waals surface area contributed by atoms with Gasteiger partial charge in [-0.3, -0.25) is 0 Å². The Morgan fingerprint density at radius 2 is 2.12 bits per heavy atom. The van der Waals surface area contributed by atoms with Gasteiger partial charge in [0.1, 0.15) is 5.75 Å². The molecule has 0 fully saturated rings. The van der Waals surface area contributed by atoms with Gasteiger partial charge in [0.25, 0.3) is 0 Å². The largest absolute Gasteiger partial charge is 0.497 e. The molecule has 2 aromatic heterocycles. The van der Waals surface area contributed by atoms with E-state index < -0.39 is 0 Å². The maximum atomic E-state index is 5.20. The molecule has 0 aliphatic heterocycles. The SMILES string of the molecule is COc1ccc2cnn3c(C)nnc3c2c1. The van der Waals surface area contributed by atoms with Crippen LogP contribution in [0.2, 0.25) is 0 Å². The van der Waals surface area contributed by atoms with Crippen molar-refractivity contribution < 1.29 is 4.74 Å². The van der Waals surface area contributed by atoms with E-state index in [1.807, 2.05) is 25.1 Å². The number of fused-ring (bicyclic) bond motifs is 3. The summed E-state index contributed by atoms with van der Waals surface area (Å²) < 4.78 is 6.92. The topological polar surface area (TPSA) is 52.3 Å². The zero-order valence-corrected chi connectivity index (χ0v) is 9.01. The molecule has 5 heteroatoms. The maximum absolute atomic E-state index is 5.20. The van der Waals surface area contributed by atoms with Crippen molar-refractivity contribution in [3.05, 3.63) is 30.2 Å². The molecule has 3 aromatic rings. The summed E-state index contributed by atoms with van der Waals surface area (Å²) in [6.07, 6.45) is 1.80. The molecule has 0 saturated heterocycles. The van der Waals surface area contributed by atoms with Crippen molar-refractivity contribution in [1.29, 1.82) is 0 Å². The normalized spacial score (nSPS) is 11.1. The van der Waals surface area contributed by atoms with E-state index in [0.29, 0.717) is 0 Å². The van der Waals surface area contributed by atoms with E-state index in [1.54, 1.807) is 17.8 Å². The Bertz CT molecular complexity index is 674. The van der Waals surface area contributed by atoms with Crippen LogP contribution in [-0.2, 0) is 0 Å². The van der Waals surface area contributed by atoms with Crippen molar-refractivity contribution in [1.82, 2.24) is 19.8 Å². The van der Waals surface area contributed by atoms with Gasteiger partial charge in [-0.1, -0.05) is 0 Å². The highest BCUT2D eigenvalue weighted by Crippen LogP contribution is 2.22. The van der Waals surface area contributed by atoms with Crippen LogP contribution in [0.1, 0.15) is 5.82 Å². The standard InChI is InChI=1S/C11H10N4O/c1-7-13-14-11-10-5-9(16-2)4-3-8(10)6-12-15(7)11/h3-6H,1-2H3.